The number of likely N-dealkylation sites (N-methyl/N-ethyl adjacent to an activating group) is 1. The number of pyridine rings is 1. The van der Waals surface area contributed by atoms with Crippen LogP contribution >= 0.6 is 0 Å². The van der Waals surface area contributed by atoms with Gasteiger partial charge in [-0.15, -0.1) is 0 Å². The van der Waals surface area contributed by atoms with Gasteiger partial charge in [0, 0.05) is 38.9 Å². The summed E-state index contributed by atoms with van der Waals surface area (Å²) in [6.45, 7) is 2.21. The molecule has 2 atom stereocenters. The number of nitrogens with zero attached hydrogens (tertiary/aromatic N) is 4. The van der Waals surface area contributed by atoms with E-state index in [9.17, 15) is 14.4 Å². The van der Waals surface area contributed by atoms with Crippen molar-refractivity contribution < 1.29 is 14.4 Å². The van der Waals surface area contributed by atoms with Crippen LogP contribution in [0.2, 0.25) is 0 Å². The van der Waals surface area contributed by atoms with E-state index in [1.807, 2.05) is 18.2 Å². The molecular formula is C17H22N6O3. The first-order chi connectivity index (χ1) is 12.5. The van der Waals surface area contributed by atoms with Crippen LogP contribution < -0.4 is 15.5 Å². The minimum absolute atomic E-state index is 0.0394. The lowest BCUT2D eigenvalue weighted by molar-refractivity contribution is -0.129. The molecule has 138 valence electrons. The number of urea groups is 2. The lowest BCUT2D eigenvalue weighted by atomic mass is 9.99. The summed E-state index contributed by atoms with van der Waals surface area (Å²) in [7, 11) is 1.46. The lowest BCUT2D eigenvalue weighted by Crippen LogP contribution is -2.52. The molecule has 2 unspecified atom stereocenters. The average molecular weight is 358 g/mol. The molecule has 0 aromatic carbocycles. The largest absolute Gasteiger partial charge is 0.354 e. The van der Waals surface area contributed by atoms with Crippen molar-refractivity contribution in [2.75, 3.05) is 38.1 Å². The molecule has 4 rings (SSSR count). The van der Waals surface area contributed by atoms with E-state index in [2.05, 4.69) is 20.5 Å². The molecule has 5 amide bonds. The van der Waals surface area contributed by atoms with Crippen LogP contribution in [-0.4, -0.2) is 77.6 Å². The fraction of sp³-hybridized carbons (Fsp3) is 0.529. The van der Waals surface area contributed by atoms with E-state index < -0.39 is 11.6 Å². The van der Waals surface area contributed by atoms with Gasteiger partial charge in [-0.25, -0.2) is 14.6 Å². The highest BCUT2D eigenvalue weighted by Gasteiger charge is 2.54. The van der Waals surface area contributed by atoms with Crippen LogP contribution in [0.5, 0.6) is 0 Å². The Labute approximate surface area is 151 Å². The van der Waals surface area contributed by atoms with Crippen molar-refractivity contribution in [1.29, 1.82) is 0 Å². The summed E-state index contributed by atoms with van der Waals surface area (Å²) in [6.07, 6.45) is 3.05. The van der Waals surface area contributed by atoms with Crippen LogP contribution in [0.25, 0.3) is 0 Å². The monoisotopic (exact) mass is 358 g/mol. The van der Waals surface area contributed by atoms with Crippen LogP contribution in [0, 0.1) is 0 Å². The van der Waals surface area contributed by atoms with E-state index in [1.165, 1.54) is 7.05 Å². The predicted octanol–water partition coefficient (Wildman–Crippen LogP) is -0.00400. The second-order valence-corrected chi connectivity index (χ2v) is 7.12. The van der Waals surface area contributed by atoms with Crippen molar-refractivity contribution in [2.24, 2.45) is 0 Å². The maximum absolute atomic E-state index is 12.6. The topological polar surface area (TPSA) is 97.9 Å². The van der Waals surface area contributed by atoms with Gasteiger partial charge in [0.25, 0.3) is 5.91 Å². The van der Waals surface area contributed by atoms with Crippen molar-refractivity contribution in [2.45, 2.75) is 24.4 Å². The van der Waals surface area contributed by atoms with Gasteiger partial charge in [0.05, 0.1) is 6.54 Å². The average Bonchev–Trinajstić information content (AvgIpc) is 3.33. The molecule has 9 nitrogen and oxygen atoms in total. The molecule has 0 radical (unpaired) electrons. The number of hydrogen-bond acceptors (Lipinski definition) is 5. The molecule has 3 aliphatic rings. The number of carbonyl (C=O) groups is 3. The van der Waals surface area contributed by atoms with E-state index in [0.29, 0.717) is 19.5 Å². The van der Waals surface area contributed by atoms with Crippen molar-refractivity contribution in [3.05, 3.63) is 24.4 Å². The Morgan fingerprint density at radius 3 is 2.88 bits per heavy atom. The van der Waals surface area contributed by atoms with Crippen molar-refractivity contribution >= 4 is 23.8 Å². The minimum atomic E-state index is -0.959. The van der Waals surface area contributed by atoms with Gasteiger partial charge in [0.1, 0.15) is 11.4 Å². The van der Waals surface area contributed by atoms with Gasteiger partial charge in [-0.3, -0.25) is 9.69 Å². The van der Waals surface area contributed by atoms with Gasteiger partial charge in [0.2, 0.25) is 0 Å². The molecule has 0 saturated carbocycles. The summed E-state index contributed by atoms with van der Waals surface area (Å²) >= 11 is 0. The van der Waals surface area contributed by atoms with E-state index in [4.69, 9.17) is 0 Å². The first-order valence-corrected chi connectivity index (χ1v) is 8.80. The highest BCUT2D eigenvalue weighted by atomic mass is 16.2. The van der Waals surface area contributed by atoms with Crippen LogP contribution in [-0.2, 0) is 4.79 Å². The molecule has 1 aromatic heterocycles. The highest BCUT2D eigenvalue weighted by Crippen LogP contribution is 2.28. The third-order valence-corrected chi connectivity index (χ3v) is 5.41. The third-order valence-electron chi connectivity index (χ3n) is 5.41. The quantitative estimate of drug-likeness (QED) is 0.725. The van der Waals surface area contributed by atoms with Crippen LogP contribution in [0.1, 0.15) is 12.8 Å². The smallest absolute Gasteiger partial charge is 0.324 e. The maximum atomic E-state index is 12.6. The molecule has 3 saturated heterocycles. The molecule has 1 spiro atoms. The lowest BCUT2D eigenvalue weighted by Gasteiger charge is -2.23. The van der Waals surface area contributed by atoms with Crippen LogP contribution in [0.4, 0.5) is 15.4 Å². The molecule has 0 bridgehead atoms. The zero-order valence-corrected chi connectivity index (χ0v) is 14.6. The molecule has 9 heteroatoms. The first kappa shape index (κ1) is 16.6. The van der Waals surface area contributed by atoms with Gasteiger partial charge in [-0.05, 0) is 25.0 Å². The summed E-state index contributed by atoms with van der Waals surface area (Å²) < 4.78 is 0. The second-order valence-electron chi connectivity index (χ2n) is 7.12. The SMILES string of the molecule is CN1C(=O)NC2(CCN(C(=O)NC3CCN(c4ccccn4)C3)C2)C1=O. The zero-order chi connectivity index (χ0) is 18.3. The summed E-state index contributed by atoms with van der Waals surface area (Å²) in [4.78, 5) is 45.8. The Kier molecular flexibility index (Phi) is 3.93. The molecule has 2 N–H and O–H groups in total. The molecule has 3 aliphatic heterocycles. The Hall–Kier alpha value is -2.84. The third kappa shape index (κ3) is 2.73. The summed E-state index contributed by atoms with van der Waals surface area (Å²) in [5, 5.41) is 5.78. The number of rotatable bonds is 2. The number of anilines is 1. The summed E-state index contributed by atoms with van der Waals surface area (Å²) in [6, 6.07) is 5.23. The second kappa shape index (κ2) is 6.15. The number of nitrogens with one attached hydrogen (secondary N) is 2. The fourth-order valence-corrected chi connectivity index (χ4v) is 3.91. The number of carbonyl (C=O) groups excluding carboxylic acids is 3. The zero-order valence-electron chi connectivity index (χ0n) is 14.6. The summed E-state index contributed by atoms with van der Waals surface area (Å²) in [5.41, 5.74) is -0.959. The number of likely N-dealkylation sites (tertiary alicyclic amines) is 1. The van der Waals surface area contributed by atoms with Crippen molar-refractivity contribution in [3.63, 3.8) is 0 Å². The fourth-order valence-electron chi connectivity index (χ4n) is 3.91. The van der Waals surface area contributed by atoms with E-state index in [0.717, 1.165) is 23.7 Å². The first-order valence-electron chi connectivity index (χ1n) is 8.80. The minimum Gasteiger partial charge on any atom is -0.354 e. The molecule has 4 heterocycles. The molecule has 1 aromatic rings. The van der Waals surface area contributed by atoms with Gasteiger partial charge in [0.15, 0.2) is 0 Å². The number of hydrogen-bond donors (Lipinski definition) is 2. The molecule has 3 fully saturated rings. The molecular weight excluding hydrogens is 336 g/mol. The number of amides is 5. The Bertz CT molecular complexity index is 741. The Morgan fingerprint density at radius 2 is 2.19 bits per heavy atom. The molecule has 26 heavy (non-hydrogen) atoms. The van der Waals surface area contributed by atoms with E-state index in [-0.39, 0.29) is 24.5 Å². The maximum Gasteiger partial charge on any atom is 0.324 e. The molecule has 0 aliphatic carbocycles. The number of imide groups is 1. The standard InChI is InChI=1S/C17H22N6O3/c1-21-14(24)17(20-16(21)26)6-9-23(11-17)15(25)19-12-5-8-22(10-12)13-4-2-3-7-18-13/h2-4,7,12H,5-6,8-11H2,1H3,(H,19,25)(H,20,26). The predicted molar refractivity (Wildman–Crippen MR) is 93.6 cm³/mol. The van der Waals surface area contributed by atoms with Crippen LogP contribution in [0.15, 0.2) is 24.4 Å². The van der Waals surface area contributed by atoms with Gasteiger partial charge in [-0.2, -0.15) is 0 Å². The van der Waals surface area contributed by atoms with Crippen molar-refractivity contribution in [3.8, 4) is 0 Å². The highest BCUT2D eigenvalue weighted by molar-refractivity contribution is 6.07. The summed E-state index contributed by atoms with van der Waals surface area (Å²) in [5.74, 6) is 0.645. The van der Waals surface area contributed by atoms with E-state index >= 15 is 0 Å². The van der Waals surface area contributed by atoms with E-state index in [1.54, 1.807) is 11.1 Å². The number of aromatic nitrogens is 1. The van der Waals surface area contributed by atoms with Gasteiger partial charge in [-0.1, -0.05) is 6.07 Å². The van der Waals surface area contributed by atoms with Gasteiger partial charge < -0.3 is 20.4 Å². The van der Waals surface area contributed by atoms with Gasteiger partial charge >= 0.3 is 12.1 Å². The Balaban J connectivity index is 1.34. The normalized spacial score (nSPS) is 28.2. The Morgan fingerprint density at radius 1 is 1.35 bits per heavy atom. The van der Waals surface area contributed by atoms with Crippen molar-refractivity contribution in [1.82, 2.24) is 25.4 Å². The van der Waals surface area contributed by atoms with Crippen LogP contribution in [0.3, 0.4) is 0 Å².